The van der Waals surface area contributed by atoms with Gasteiger partial charge < -0.3 is 14.8 Å². The number of hydrogen-bond acceptors (Lipinski definition) is 4. The van der Waals surface area contributed by atoms with E-state index in [0.29, 0.717) is 29.4 Å². The Morgan fingerprint density at radius 2 is 1.92 bits per heavy atom. The van der Waals surface area contributed by atoms with Crippen LogP contribution >= 0.6 is 0 Å². The topological polar surface area (TPSA) is 71.3 Å². The summed E-state index contributed by atoms with van der Waals surface area (Å²) in [7, 11) is 1.56. The summed E-state index contributed by atoms with van der Waals surface area (Å²) in [5, 5.41) is 12.0. The molecule has 0 heterocycles. The molecule has 1 amide bonds. The molecule has 0 aromatic heterocycles. The van der Waals surface area contributed by atoms with Crippen LogP contribution in [0.2, 0.25) is 0 Å². The average molecular weight is 336 g/mol. The van der Waals surface area contributed by atoms with E-state index in [9.17, 15) is 10.1 Å². The Morgan fingerprint density at radius 1 is 1.20 bits per heavy atom. The van der Waals surface area contributed by atoms with Gasteiger partial charge in [0.2, 0.25) is 0 Å². The van der Waals surface area contributed by atoms with Gasteiger partial charge in [-0.15, -0.1) is 0 Å². The molecule has 5 nitrogen and oxygen atoms in total. The Morgan fingerprint density at radius 3 is 2.52 bits per heavy atom. The van der Waals surface area contributed by atoms with Crippen LogP contribution in [0.4, 0.5) is 5.69 Å². The summed E-state index contributed by atoms with van der Waals surface area (Å²) in [6.45, 7) is 4.33. The Labute approximate surface area is 147 Å². The first-order chi connectivity index (χ1) is 12.1. The molecule has 0 radical (unpaired) electrons. The van der Waals surface area contributed by atoms with Gasteiger partial charge in [0.25, 0.3) is 5.91 Å². The number of rotatable bonds is 6. The molecule has 0 unspecified atom stereocenters. The monoisotopic (exact) mass is 336 g/mol. The van der Waals surface area contributed by atoms with Gasteiger partial charge in [-0.05, 0) is 49.8 Å². The van der Waals surface area contributed by atoms with E-state index in [-0.39, 0.29) is 5.57 Å². The van der Waals surface area contributed by atoms with Crippen LogP contribution in [0.3, 0.4) is 0 Å². The minimum Gasteiger partial charge on any atom is -0.493 e. The number of methoxy groups -OCH3 is 1. The molecular formula is C20H20N2O3. The molecule has 128 valence electrons. The third-order valence-corrected chi connectivity index (χ3v) is 3.47. The van der Waals surface area contributed by atoms with Gasteiger partial charge in [-0.25, -0.2) is 0 Å². The van der Waals surface area contributed by atoms with Crippen LogP contribution in [-0.2, 0) is 4.79 Å². The maximum absolute atomic E-state index is 12.3. The quantitative estimate of drug-likeness (QED) is 0.640. The standard InChI is InChI=1S/C20H20N2O3/c1-4-25-19-12-15(7-10-18(19)24-3)11-16(13-21)20(23)22-17-8-5-14(2)6-9-17/h5-12H,4H2,1-3H3,(H,22,23)/b16-11-. The van der Waals surface area contributed by atoms with Crippen LogP contribution in [-0.4, -0.2) is 19.6 Å². The smallest absolute Gasteiger partial charge is 0.266 e. The number of nitrogens with zero attached hydrogens (tertiary/aromatic N) is 1. The van der Waals surface area contributed by atoms with E-state index in [4.69, 9.17) is 9.47 Å². The van der Waals surface area contributed by atoms with E-state index in [1.54, 1.807) is 37.4 Å². The molecule has 2 rings (SSSR count). The minimum absolute atomic E-state index is 0.00758. The van der Waals surface area contributed by atoms with E-state index in [1.807, 2.05) is 32.0 Å². The molecule has 0 aliphatic rings. The number of benzene rings is 2. The molecule has 25 heavy (non-hydrogen) atoms. The Hall–Kier alpha value is -3.26. The minimum atomic E-state index is -0.458. The summed E-state index contributed by atoms with van der Waals surface area (Å²) < 4.78 is 10.7. The zero-order valence-corrected chi connectivity index (χ0v) is 14.5. The lowest BCUT2D eigenvalue weighted by atomic mass is 10.1. The molecule has 0 fully saturated rings. The molecule has 2 aromatic carbocycles. The van der Waals surface area contributed by atoms with Crippen LogP contribution in [0.5, 0.6) is 11.5 Å². The number of amides is 1. The molecule has 1 N–H and O–H groups in total. The van der Waals surface area contributed by atoms with E-state index < -0.39 is 5.91 Å². The molecule has 0 bridgehead atoms. The van der Waals surface area contributed by atoms with Gasteiger partial charge in [0.15, 0.2) is 11.5 Å². The van der Waals surface area contributed by atoms with E-state index in [0.717, 1.165) is 5.56 Å². The summed E-state index contributed by atoms with van der Waals surface area (Å²) in [5.74, 6) is 0.705. The van der Waals surface area contributed by atoms with Crippen LogP contribution in [0.25, 0.3) is 6.08 Å². The van der Waals surface area contributed by atoms with Gasteiger partial charge in [-0.1, -0.05) is 23.8 Å². The van der Waals surface area contributed by atoms with Crippen molar-refractivity contribution in [3.8, 4) is 17.6 Å². The molecule has 0 atom stereocenters. The first-order valence-corrected chi connectivity index (χ1v) is 7.88. The molecule has 0 spiro atoms. The van der Waals surface area contributed by atoms with E-state index in [1.165, 1.54) is 6.08 Å². The number of ether oxygens (including phenoxy) is 2. The molecular weight excluding hydrogens is 316 g/mol. The van der Waals surface area contributed by atoms with Crippen molar-refractivity contribution in [3.05, 3.63) is 59.2 Å². The zero-order valence-electron chi connectivity index (χ0n) is 14.5. The fraction of sp³-hybridized carbons (Fsp3) is 0.200. The largest absolute Gasteiger partial charge is 0.493 e. The number of anilines is 1. The zero-order chi connectivity index (χ0) is 18.2. The number of nitriles is 1. The SMILES string of the molecule is CCOc1cc(/C=C(/C#N)C(=O)Nc2ccc(C)cc2)ccc1OC. The predicted octanol–water partition coefficient (Wildman–Crippen LogP) is 3.95. The highest BCUT2D eigenvalue weighted by Gasteiger charge is 2.11. The van der Waals surface area contributed by atoms with E-state index >= 15 is 0 Å². The lowest BCUT2D eigenvalue weighted by Crippen LogP contribution is -2.13. The van der Waals surface area contributed by atoms with Gasteiger partial charge in [0.1, 0.15) is 11.6 Å². The summed E-state index contributed by atoms with van der Waals surface area (Å²) in [5.41, 5.74) is 2.42. The van der Waals surface area contributed by atoms with E-state index in [2.05, 4.69) is 5.32 Å². The lowest BCUT2D eigenvalue weighted by molar-refractivity contribution is -0.112. The maximum atomic E-state index is 12.3. The van der Waals surface area contributed by atoms with Crippen LogP contribution in [0, 0.1) is 18.3 Å². The van der Waals surface area contributed by atoms with Crippen molar-refractivity contribution in [1.29, 1.82) is 5.26 Å². The van der Waals surface area contributed by atoms with Crippen molar-refractivity contribution in [2.75, 3.05) is 19.0 Å². The van der Waals surface area contributed by atoms with Crippen LogP contribution in [0.15, 0.2) is 48.0 Å². The predicted molar refractivity (Wildman–Crippen MR) is 97.6 cm³/mol. The summed E-state index contributed by atoms with van der Waals surface area (Å²) >= 11 is 0. The Balaban J connectivity index is 2.24. The number of carbonyl (C=O) groups excluding carboxylic acids is 1. The molecule has 2 aromatic rings. The number of carbonyl (C=O) groups is 1. The van der Waals surface area contributed by atoms with Gasteiger partial charge in [-0.3, -0.25) is 4.79 Å². The first kappa shape index (κ1) is 18.1. The van der Waals surface area contributed by atoms with Crippen molar-refractivity contribution in [1.82, 2.24) is 0 Å². The summed E-state index contributed by atoms with van der Waals surface area (Å²) in [4.78, 5) is 12.3. The lowest BCUT2D eigenvalue weighted by Gasteiger charge is -2.10. The fourth-order valence-corrected chi connectivity index (χ4v) is 2.20. The number of nitrogens with one attached hydrogen (secondary N) is 1. The maximum Gasteiger partial charge on any atom is 0.266 e. The van der Waals surface area contributed by atoms with Gasteiger partial charge >= 0.3 is 0 Å². The van der Waals surface area contributed by atoms with Crippen LogP contribution < -0.4 is 14.8 Å². The molecule has 0 saturated heterocycles. The summed E-state index contributed by atoms with van der Waals surface area (Å²) in [6, 6.07) is 14.5. The Kier molecular flexibility index (Phi) is 6.19. The van der Waals surface area contributed by atoms with Gasteiger partial charge in [0.05, 0.1) is 13.7 Å². The van der Waals surface area contributed by atoms with Crippen molar-refractivity contribution in [2.24, 2.45) is 0 Å². The van der Waals surface area contributed by atoms with Crippen molar-refractivity contribution in [2.45, 2.75) is 13.8 Å². The van der Waals surface area contributed by atoms with Crippen molar-refractivity contribution in [3.63, 3.8) is 0 Å². The fourth-order valence-electron chi connectivity index (χ4n) is 2.20. The molecule has 5 heteroatoms. The highest BCUT2D eigenvalue weighted by Crippen LogP contribution is 2.29. The first-order valence-electron chi connectivity index (χ1n) is 7.88. The average Bonchev–Trinajstić information content (AvgIpc) is 2.62. The second-order valence-electron chi connectivity index (χ2n) is 5.33. The van der Waals surface area contributed by atoms with Crippen LogP contribution in [0.1, 0.15) is 18.1 Å². The van der Waals surface area contributed by atoms with Gasteiger partial charge in [-0.2, -0.15) is 5.26 Å². The van der Waals surface area contributed by atoms with Crippen molar-refractivity contribution < 1.29 is 14.3 Å². The third-order valence-electron chi connectivity index (χ3n) is 3.47. The highest BCUT2D eigenvalue weighted by molar-refractivity contribution is 6.09. The van der Waals surface area contributed by atoms with Crippen molar-refractivity contribution >= 4 is 17.7 Å². The highest BCUT2D eigenvalue weighted by atomic mass is 16.5. The number of aryl methyl sites for hydroxylation is 1. The second-order valence-corrected chi connectivity index (χ2v) is 5.33. The third kappa shape index (κ3) is 4.85. The number of hydrogen-bond donors (Lipinski definition) is 1. The van der Waals surface area contributed by atoms with Gasteiger partial charge in [0, 0.05) is 5.69 Å². The molecule has 0 aliphatic heterocycles. The molecule has 0 aliphatic carbocycles. The normalized spacial score (nSPS) is 10.7. The second kappa shape index (κ2) is 8.55. The molecule has 0 saturated carbocycles. The Bertz CT molecular complexity index is 818. The summed E-state index contributed by atoms with van der Waals surface area (Å²) in [6.07, 6.45) is 1.52.